The first-order valence-corrected chi connectivity index (χ1v) is 10.8. The van der Waals surface area contributed by atoms with E-state index in [1.165, 1.54) is 5.69 Å². The topological polar surface area (TPSA) is 80.5 Å². The number of aromatic nitrogens is 2. The molecule has 0 bridgehead atoms. The molecule has 0 spiro atoms. The summed E-state index contributed by atoms with van der Waals surface area (Å²) in [4.78, 5) is 19.1. The van der Waals surface area contributed by atoms with Crippen molar-refractivity contribution in [2.75, 3.05) is 31.2 Å². The van der Waals surface area contributed by atoms with E-state index in [9.17, 15) is 4.79 Å². The van der Waals surface area contributed by atoms with Crippen molar-refractivity contribution >= 4 is 23.2 Å². The molecule has 1 amide bonds. The van der Waals surface area contributed by atoms with Gasteiger partial charge in [0, 0.05) is 42.2 Å². The van der Waals surface area contributed by atoms with Crippen LogP contribution in [0.3, 0.4) is 0 Å². The van der Waals surface area contributed by atoms with Gasteiger partial charge in [-0.15, -0.1) is 0 Å². The summed E-state index contributed by atoms with van der Waals surface area (Å²) < 4.78 is 10.7. The number of amides is 1. The molecular formula is C23H25ClN4O3. The number of hydrogen-bond acceptors (Lipinski definition) is 6. The number of nitrogens with one attached hydrogen (secondary N) is 1. The van der Waals surface area contributed by atoms with Gasteiger partial charge in [-0.2, -0.15) is 4.98 Å². The van der Waals surface area contributed by atoms with Crippen molar-refractivity contribution in [2.45, 2.75) is 25.8 Å². The molecule has 2 heterocycles. The highest BCUT2D eigenvalue weighted by Crippen LogP contribution is 2.21. The Balaban J connectivity index is 1.27. The quantitative estimate of drug-likeness (QED) is 0.597. The average molecular weight is 441 g/mol. The van der Waals surface area contributed by atoms with E-state index < -0.39 is 0 Å². The Labute approximate surface area is 186 Å². The number of nitrogens with zero attached hydrogens (tertiary/aromatic N) is 3. The predicted molar refractivity (Wildman–Crippen MR) is 119 cm³/mol. The van der Waals surface area contributed by atoms with E-state index >= 15 is 0 Å². The zero-order valence-electron chi connectivity index (χ0n) is 17.4. The summed E-state index contributed by atoms with van der Waals surface area (Å²) in [6, 6.07) is 15.4. The van der Waals surface area contributed by atoms with Gasteiger partial charge in [0.1, 0.15) is 0 Å². The molecule has 1 fully saturated rings. The third kappa shape index (κ3) is 5.62. The second-order valence-corrected chi connectivity index (χ2v) is 7.94. The molecule has 4 rings (SSSR count). The summed E-state index contributed by atoms with van der Waals surface area (Å²) >= 11 is 5.90. The van der Waals surface area contributed by atoms with E-state index in [0.29, 0.717) is 23.2 Å². The number of aryl methyl sites for hydroxylation is 1. The van der Waals surface area contributed by atoms with Crippen LogP contribution in [-0.2, 0) is 16.0 Å². The van der Waals surface area contributed by atoms with E-state index in [1.807, 2.05) is 19.1 Å². The van der Waals surface area contributed by atoms with Crippen LogP contribution < -0.4 is 10.2 Å². The van der Waals surface area contributed by atoms with Gasteiger partial charge in [0.25, 0.3) is 0 Å². The first-order chi connectivity index (χ1) is 15.1. The molecule has 0 radical (unpaired) electrons. The van der Waals surface area contributed by atoms with Crippen molar-refractivity contribution in [3.05, 3.63) is 65.0 Å². The maximum Gasteiger partial charge on any atom is 0.227 e. The molecular weight excluding hydrogens is 416 g/mol. The van der Waals surface area contributed by atoms with Crippen LogP contribution in [0.5, 0.6) is 0 Å². The van der Waals surface area contributed by atoms with E-state index in [4.69, 9.17) is 20.9 Å². The van der Waals surface area contributed by atoms with Crippen LogP contribution in [0.25, 0.3) is 11.4 Å². The number of anilines is 1. The Morgan fingerprint density at radius 2 is 1.84 bits per heavy atom. The molecule has 2 aromatic carbocycles. The molecule has 1 aliphatic rings. The van der Waals surface area contributed by atoms with Crippen LogP contribution in [0.4, 0.5) is 5.69 Å². The molecule has 1 atom stereocenters. The normalized spacial score (nSPS) is 15.0. The number of rotatable bonds is 7. The van der Waals surface area contributed by atoms with Crippen molar-refractivity contribution in [2.24, 2.45) is 0 Å². The van der Waals surface area contributed by atoms with Crippen LogP contribution in [0, 0.1) is 0 Å². The maximum absolute atomic E-state index is 12.4. The van der Waals surface area contributed by atoms with Crippen molar-refractivity contribution in [3.63, 3.8) is 0 Å². The van der Waals surface area contributed by atoms with Gasteiger partial charge in [-0.05, 0) is 48.9 Å². The van der Waals surface area contributed by atoms with Gasteiger partial charge in [0.05, 0.1) is 19.3 Å². The van der Waals surface area contributed by atoms with Crippen molar-refractivity contribution in [1.82, 2.24) is 15.5 Å². The number of ether oxygens (including phenoxy) is 1. The first-order valence-electron chi connectivity index (χ1n) is 10.4. The largest absolute Gasteiger partial charge is 0.378 e. The van der Waals surface area contributed by atoms with Gasteiger partial charge >= 0.3 is 0 Å². The highest BCUT2D eigenvalue weighted by molar-refractivity contribution is 6.30. The molecule has 162 valence electrons. The molecule has 0 aliphatic carbocycles. The lowest BCUT2D eigenvalue weighted by Crippen LogP contribution is -2.36. The zero-order valence-corrected chi connectivity index (χ0v) is 18.1. The van der Waals surface area contributed by atoms with E-state index in [1.54, 1.807) is 12.1 Å². The lowest BCUT2D eigenvalue weighted by atomic mass is 10.1. The minimum Gasteiger partial charge on any atom is -0.378 e. The summed E-state index contributed by atoms with van der Waals surface area (Å²) in [6.45, 7) is 5.31. The van der Waals surface area contributed by atoms with Crippen molar-refractivity contribution in [3.8, 4) is 11.4 Å². The van der Waals surface area contributed by atoms with Crippen LogP contribution in [0.15, 0.2) is 53.1 Å². The first kappa shape index (κ1) is 21.3. The summed E-state index contributed by atoms with van der Waals surface area (Å²) in [5.41, 5.74) is 3.06. The third-order valence-corrected chi connectivity index (χ3v) is 5.54. The predicted octanol–water partition coefficient (Wildman–Crippen LogP) is 4.04. The number of carbonyl (C=O) groups is 1. The fraction of sp³-hybridized carbons (Fsp3) is 0.348. The Morgan fingerprint density at radius 1 is 1.13 bits per heavy atom. The van der Waals surface area contributed by atoms with Crippen molar-refractivity contribution < 1.29 is 14.1 Å². The molecule has 3 aromatic rings. The summed E-state index contributed by atoms with van der Waals surface area (Å²) in [7, 11) is 0. The van der Waals surface area contributed by atoms with Gasteiger partial charge in [-0.25, -0.2) is 0 Å². The number of benzene rings is 2. The van der Waals surface area contributed by atoms with Gasteiger partial charge in [-0.3, -0.25) is 4.79 Å². The number of halogens is 1. The lowest BCUT2D eigenvalue weighted by molar-refractivity contribution is -0.121. The molecule has 8 heteroatoms. The molecule has 1 saturated heterocycles. The van der Waals surface area contributed by atoms with Crippen LogP contribution in [-0.4, -0.2) is 42.4 Å². The fourth-order valence-corrected chi connectivity index (χ4v) is 3.61. The van der Waals surface area contributed by atoms with Crippen molar-refractivity contribution in [1.29, 1.82) is 0 Å². The molecule has 1 N–H and O–H groups in total. The third-order valence-electron chi connectivity index (χ3n) is 5.28. The van der Waals surface area contributed by atoms with Gasteiger partial charge in [0.2, 0.25) is 17.6 Å². The van der Waals surface area contributed by atoms with E-state index in [0.717, 1.165) is 37.4 Å². The summed E-state index contributed by atoms with van der Waals surface area (Å²) in [5.74, 6) is 0.861. The van der Waals surface area contributed by atoms with Gasteiger partial charge < -0.3 is 19.5 Å². The lowest BCUT2D eigenvalue weighted by Gasteiger charge is -2.29. The molecule has 1 unspecified atom stereocenters. The van der Waals surface area contributed by atoms with Gasteiger partial charge in [0.15, 0.2) is 0 Å². The highest BCUT2D eigenvalue weighted by Gasteiger charge is 2.15. The molecule has 1 aliphatic heterocycles. The van der Waals surface area contributed by atoms with Crippen LogP contribution in [0.2, 0.25) is 5.02 Å². The fourth-order valence-electron chi connectivity index (χ4n) is 3.49. The van der Waals surface area contributed by atoms with Crippen LogP contribution in [0.1, 0.15) is 30.8 Å². The molecule has 31 heavy (non-hydrogen) atoms. The van der Waals surface area contributed by atoms with Crippen LogP contribution >= 0.6 is 11.6 Å². The van der Waals surface area contributed by atoms with E-state index in [2.05, 4.69) is 44.6 Å². The second kappa shape index (κ2) is 9.94. The molecule has 7 nitrogen and oxygen atoms in total. The summed E-state index contributed by atoms with van der Waals surface area (Å²) in [5, 5.41) is 7.66. The van der Waals surface area contributed by atoms with Gasteiger partial charge in [-0.1, -0.05) is 28.9 Å². The van der Waals surface area contributed by atoms with E-state index in [-0.39, 0.29) is 18.4 Å². The molecule has 0 saturated carbocycles. The monoisotopic (exact) mass is 440 g/mol. The second-order valence-electron chi connectivity index (χ2n) is 7.50. The Bertz CT molecular complexity index is 998. The number of morpholine rings is 1. The SMILES string of the molecule is CC(NC(=O)CCc1nc(-c2ccc(Cl)cc2)no1)c1ccc(N2CCOCC2)cc1. The standard InChI is InChI=1S/C23H25ClN4O3/c1-16(17-4-8-20(9-5-17)28-12-14-30-15-13-28)25-21(29)10-11-22-26-23(27-31-22)18-2-6-19(24)7-3-18/h2-9,16H,10-15H2,1H3,(H,25,29). The minimum atomic E-state index is -0.0847. The Morgan fingerprint density at radius 3 is 2.55 bits per heavy atom. The Kier molecular flexibility index (Phi) is 6.84. The highest BCUT2D eigenvalue weighted by atomic mass is 35.5. The number of carbonyl (C=O) groups excluding carboxylic acids is 1. The maximum atomic E-state index is 12.4. The average Bonchev–Trinajstić information content (AvgIpc) is 3.28. The Hall–Kier alpha value is -2.90. The summed E-state index contributed by atoms with van der Waals surface area (Å²) in [6.07, 6.45) is 0.660. The smallest absolute Gasteiger partial charge is 0.227 e. The minimum absolute atomic E-state index is 0.0593. The number of hydrogen-bond donors (Lipinski definition) is 1. The zero-order chi connectivity index (χ0) is 21.6. The molecule has 1 aromatic heterocycles.